The van der Waals surface area contributed by atoms with E-state index < -0.39 is 38.3 Å². The molecule has 1 saturated carbocycles. The Morgan fingerprint density at radius 3 is 2.53 bits per heavy atom. The maximum atomic E-state index is 13.7. The first-order chi connectivity index (χ1) is 26.1. The summed E-state index contributed by atoms with van der Waals surface area (Å²) < 4.78 is 88.2. The van der Waals surface area contributed by atoms with Crippen LogP contribution in [0.4, 0.5) is 18.9 Å². The van der Waals surface area contributed by atoms with Crippen LogP contribution in [0, 0.1) is 11.8 Å². The summed E-state index contributed by atoms with van der Waals surface area (Å²) in [5.74, 6) is 0.154. The number of aromatic nitrogens is 1. The minimum absolute atomic E-state index is 0.0344. The predicted octanol–water partition coefficient (Wildman–Crippen LogP) is 8.11. The van der Waals surface area contributed by atoms with Crippen molar-refractivity contribution in [1.82, 2.24) is 10.3 Å². The third-order valence-corrected chi connectivity index (χ3v) is 12.8. The van der Waals surface area contributed by atoms with Gasteiger partial charge < -0.3 is 29.0 Å². The normalized spacial score (nSPS) is 24.1. The summed E-state index contributed by atoms with van der Waals surface area (Å²) in [4.78, 5) is 18.2. The molecule has 55 heavy (non-hydrogen) atoms. The van der Waals surface area contributed by atoms with Gasteiger partial charge in [-0.1, -0.05) is 31.5 Å². The van der Waals surface area contributed by atoms with Crippen LogP contribution in [-0.4, -0.2) is 64.3 Å². The number of aryl methyl sites for hydroxylation is 1. The Bertz CT molecular complexity index is 1970. The molecule has 1 spiro atoms. The maximum absolute atomic E-state index is 13.7. The largest absolute Gasteiger partial charge is 0.534 e. The van der Waals surface area contributed by atoms with Crippen LogP contribution in [0.1, 0.15) is 87.1 Å². The number of nitrogens with one attached hydrogen (secondary N) is 2. The SMILES string of the molecule is CNCCOc1cc2c(cc1OS(=O)(=O)C(F)(F)F)C1(CCC(Nc3cccc(Cl)c3)(C(=O)OC)CC1)[C@@H](C[C@@H](C)COc1ccnc3c1[C@H](C)CCC3)C2. The molecule has 1 aromatic heterocycles. The van der Waals surface area contributed by atoms with Crippen molar-refractivity contribution in [3.8, 4) is 17.2 Å². The standard InChI is InChI=1S/C40H49ClF3N3O7S/c1-25(24-53-33-11-16-46-32-10-5-7-26(2)36(32)33)19-28-20-27-21-34(52-18-17-45-3)35(54-55(49,50)40(42,43)44)23-31(27)38(28)12-14-39(15-13-38,37(48)51-4)47-30-9-6-8-29(41)22-30/h6,8-9,11,16,21-23,25-26,28,45,47H,5,7,10,12-15,17-20,24H2,1-4H3/t25-,26-,28+,38?,39?/m1/s1. The number of nitrogens with zero attached hydrogens (tertiary/aromatic N) is 1. The maximum Gasteiger partial charge on any atom is 0.534 e. The molecule has 0 aliphatic heterocycles. The fourth-order valence-corrected chi connectivity index (χ4v) is 9.56. The van der Waals surface area contributed by atoms with E-state index in [1.54, 1.807) is 37.5 Å². The van der Waals surface area contributed by atoms with Crippen molar-refractivity contribution in [2.75, 3.05) is 39.2 Å². The number of carbonyl (C=O) groups excluding carboxylic acids is 1. The lowest BCUT2D eigenvalue weighted by molar-refractivity contribution is -0.148. The Morgan fingerprint density at radius 1 is 1.07 bits per heavy atom. The van der Waals surface area contributed by atoms with Crippen molar-refractivity contribution in [2.24, 2.45) is 11.8 Å². The first-order valence-corrected chi connectivity index (χ1v) is 20.6. The number of hydrogen-bond donors (Lipinski definition) is 2. The number of carbonyl (C=O) groups is 1. The molecule has 3 aliphatic carbocycles. The van der Waals surface area contributed by atoms with Gasteiger partial charge >= 0.3 is 21.6 Å². The van der Waals surface area contributed by atoms with E-state index in [-0.39, 0.29) is 24.2 Å². The van der Waals surface area contributed by atoms with Crippen molar-refractivity contribution in [3.63, 3.8) is 0 Å². The van der Waals surface area contributed by atoms with Crippen LogP contribution >= 0.6 is 11.6 Å². The minimum Gasteiger partial charge on any atom is -0.493 e. The molecule has 300 valence electrons. The Kier molecular flexibility index (Phi) is 12.2. The van der Waals surface area contributed by atoms with E-state index in [1.165, 1.54) is 13.2 Å². The molecule has 3 aromatic rings. The average Bonchev–Trinajstić information content (AvgIpc) is 3.41. The van der Waals surface area contributed by atoms with Crippen LogP contribution in [-0.2, 0) is 37.9 Å². The van der Waals surface area contributed by atoms with Gasteiger partial charge in [0.15, 0.2) is 11.5 Å². The van der Waals surface area contributed by atoms with Gasteiger partial charge in [0.1, 0.15) is 17.9 Å². The predicted molar refractivity (Wildman–Crippen MR) is 203 cm³/mol. The van der Waals surface area contributed by atoms with Crippen LogP contribution < -0.4 is 24.3 Å². The number of fused-ring (bicyclic) bond motifs is 3. The molecular formula is C40H49ClF3N3O7S. The molecule has 6 rings (SSSR count). The monoisotopic (exact) mass is 807 g/mol. The lowest BCUT2D eigenvalue weighted by atomic mass is 9.59. The fourth-order valence-electron chi connectivity index (χ4n) is 8.90. The Labute approximate surface area is 325 Å². The van der Waals surface area contributed by atoms with Crippen LogP contribution in [0.3, 0.4) is 0 Å². The molecule has 1 heterocycles. The lowest BCUT2D eigenvalue weighted by Crippen LogP contribution is -2.53. The zero-order valence-electron chi connectivity index (χ0n) is 31.6. The van der Waals surface area contributed by atoms with Gasteiger partial charge in [-0.3, -0.25) is 4.98 Å². The molecule has 3 atom stereocenters. The molecule has 2 N–H and O–H groups in total. The van der Waals surface area contributed by atoms with E-state index >= 15 is 0 Å². The van der Waals surface area contributed by atoms with E-state index in [0.717, 1.165) is 41.8 Å². The second-order valence-electron chi connectivity index (χ2n) is 15.3. The first-order valence-electron chi connectivity index (χ1n) is 18.8. The number of halogens is 4. The quantitative estimate of drug-likeness (QED) is 0.0715. The number of alkyl halides is 3. The van der Waals surface area contributed by atoms with E-state index in [1.807, 2.05) is 12.1 Å². The molecule has 2 aromatic carbocycles. The Balaban J connectivity index is 1.35. The van der Waals surface area contributed by atoms with Gasteiger partial charge in [0.25, 0.3) is 0 Å². The molecule has 3 aliphatic rings. The van der Waals surface area contributed by atoms with Gasteiger partial charge in [0.2, 0.25) is 0 Å². The van der Waals surface area contributed by atoms with Gasteiger partial charge in [0.05, 0.1) is 13.7 Å². The van der Waals surface area contributed by atoms with Crippen molar-refractivity contribution in [3.05, 3.63) is 76.1 Å². The van der Waals surface area contributed by atoms with Gasteiger partial charge in [-0.2, -0.15) is 21.6 Å². The van der Waals surface area contributed by atoms with E-state index in [0.29, 0.717) is 73.9 Å². The number of likely N-dealkylation sites (N-methyl/N-ethyl adjacent to an activating group) is 1. The molecule has 0 saturated heterocycles. The van der Waals surface area contributed by atoms with Crippen molar-refractivity contribution < 1.29 is 44.8 Å². The minimum atomic E-state index is -6.01. The van der Waals surface area contributed by atoms with E-state index in [2.05, 4.69) is 29.5 Å². The number of hydrogen-bond acceptors (Lipinski definition) is 10. The zero-order valence-corrected chi connectivity index (χ0v) is 33.1. The summed E-state index contributed by atoms with van der Waals surface area (Å²) in [6, 6.07) is 12.0. The Hall–Kier alpha value is -3.75. The third-order valence-electron chi connectivity index (χ3n) is 11.6. The van der Waals surface area contributed by atoms with Gasteiger partial charge in [-0.25, -0.2) is 4.79 Å². The number of anilines is 1. The van der Waals surface area contributed by atoms with Gasteiger partial charge in [0, 0.05) is 34.7 Å². The number of esters is 1. The number of methoxy groups -OCH3 is 1. The van der Waals surface area contributed by atoms with Crippen molar-refractivity contribution >= 4 is 33.4 Å². The average molecular weight is 808 g/mol. The zero-order chi connectivity index (χ0) is 39.6. The highest BCUT2D eigenvalue weighted by molar-refractivity contribution is 7.88. The van der Waals surface area contributed by atoms with Crippen LogP contribution in [0.15, 0.2) is 48.7 Å². The molecule has 0 radical (unpaired) electrons. The second kappa shape index (κ2) is 16.4. The molecule has 0 bridgehead atoms. The lowest BCUT2D eigenvalue weighted by Gasteiger charge is -2.47. The van der Waals surface area contributed by atoms with Crippen molar-refractivity contribution in [2.45, 2.75) is 94.0 Å². The van der Waals surface area contributed by atoms with Gasteiger partial charge in [-0.05, 0) is 136 Å². The summed E-state index contributed by atoms with van der Waals surface area (Å²) in [7, 11) is -2.98. The summed E-state index contributed by atoms with van der Waals surface area (Å²) in [5, 5.41) is 6.80. The smallest absolute Gasteiger partial charge is 0.493 e. The van der Waals surface area contributed by atoms with Crippen LogP contribution in [0.5, 0.6) is 17.2 Å². The third kappa shape index (κ3) is 8.51. The highest BCUT2D eigenvalue weighted by atomic mass is 35.5. The molecular weight excluding hydrogens is 759 g/mol. The fraction of sp³-hybridized carbons (Fsp3) is 0.550. The Morgan fingerprint density at radius 2 is 1.84 bits per heavy atom. The number of pyridine rings is 1. The summed E-state index contributed by atoms with van der Waals surface area (Å²) in [6.45, 7) is 5.18. The highest BCUT2D eigenvalue weighted by Crippen LogP contribution is 2.58. The summed E-state index contributed by atoms with van der Waals surface area (Å²) in [6.07, 6.45) is 7.67. The molecule has 10 nitrogen and oxygen atoms in total. The topological polar surface area (TPSA) is 125 Å². The van der Waals surface area contributed by atoms with Crippen molar-refractivity contribution in [1.29, 1.82) is 0 Å². The number of benzene rings is 2. The highest BCUT2D eigenvalue weighted by Gasteiger charge is 2.55. The summed E-state index contributed by atoms with van der Waals surface area (Å²) >= 11 is 6.28. The molecule has 1 fully saturated rings. The van der Waals surface area contributed by atoms with E-state index in [4.69, 9.17) is 30.0 Å². The van der Waals surface area contributed by atoms with Crippen LogP contribution in [0.2, 0.25) is 5.02 Å². The van der Waals surface area contributed by atoms with E-state index in [9.17, 15) is 26.4 Å². The molecule has 0 amide bonds. The second-order valence-corrected chi connectivity index (χ2v) is 17.2. The number of rotatable bonds is 14. The molecule has 15 heteroatoms. The molecule has 0 unspecified atom stereocenters. The van der Waals surface area contributed by atoms with Crippen LogP contribution in [0.25, 0.3) is 0 Å². The summed E-state index contributed by atoms with van der Waals surface area (Å²) in [5.41, 5.74) is -2.99. The first kappa shape index (κ1) is 40.9. The van der Waals surface area contributed by atoms with Gasteiger partial charge in [-0.15, -0.1) is 0 Å². The number of ether oxygens (including phenoxy) is 3.